The Morgan fingerprint density at radius 2 is 1.65 bits per heavy atom. The number of benzene rings is 1. The summed E-state index contributed by atoms with van der Waals surface area (Å²) in [6.07, 6.45) is 6.22. The van der Waals surface area contributed by atoms with Crippen LogP contribution >= 0.6 is 0 Å². The van der Waals surface area contributed by atoms with Crippen LogP contribution in [0.15, 0.2) is 29.2 Å². The number of rotatable bonds is 4. The molecule has 0 bridgehead atoms. The highest BCUT2D eigenvalue weighted by Gasteiger charge is 2.30. The van der Waals surface area contributed by atoms with E-state index in [4.69, 9.17) is 0 Å². The molecule has 1 saturated carbocycles. The highest BCUT2D eigenvalue weighted by molar-refractivity contribution is 7.89. The highest BCUT2D eigenvalue weighted by Crippen LogP contribution is 2.23. The van der Waals surface area contributed by atoms with E-state index < -0.39 is 10.0 Å². The van der Waals surface area contributed by atoms with Crippen LogP contribution in [0.4, 0.5) is 4.79 Å². The summed E-state index contributed by atoms with van der Waals surface area (Å²) in [6.45, 7) is 4.21. The van der Waals surface area contributed by atoms with Gasteiger partial charge in [0.25, 0.3) is 0 Å². The summed E-state index contributed by atoms with van der Waals surface area (Å²) in [4.78, 5) is 14.4. The van der Waals surface area contributed by atoms with Gasteiger partial charge in [0.15, 0.2) is 0 Å². The quantitative estimate of drug-likeness (QED) is 0.874. The molecule has 3 rings (SSSR count). The van der Waals surface area contributed by atoms with Crippen LogP contribution in [0.1, 0.15) is 37.7 Å². The minimum Gasteiger partial charge on any atom is -0.338 e. The van der Waals surface area contributed by atoms with E-state index in [1.54, 1.807) is 17.0 Å². The molecular weight excluding hydrogens is 350 g/mol. The Morgan fingerprint density at radius 1 is 1.04 bits per heavy atom. The Bertz CT molecular complexity index is 704. The predicted molar refractivity (Wildman–Crippen MR) is 101 cm³/mol. The van der Waals surface area contributed by atoms with E-state index in [0.29, 0.717) is 37.0 Å². The summed E-state index contributed by atoms with van der Waals surface area (Å²) >= 11 is 0. The SMILES string of the molecule is Cc1ccc(S(=O)(=O)N2CCN(C(=O)NCC3CCCCC3)CC2)cc1. The van der Waals surface area contributed by atoms with Gasteiger partial charge in [-0.3, -0.25) is 0 Å². The van der Waals surface area contributed by atoms with Gasteiger partial charge in [-0.05, 0) is 37.8 Å². The normalized spacial score (nSPS) is 20.1. The number of nitrogens with one attached hydrogen (secondary N) is 1. The Labute approximate surface area is 156 Å². The van der Waals surface area contributed by atoms with E-state index in [1.165, 1.54) is 36.4 Å². The van der Waals surface area contributed by atoms with Crippen molar-refractivity contribution in [1.82, 2.24) is 14.5 Å². The number of nitrogens with zero attached hydrogens (tertiary/aromatic N) is 2. The van der Waals surface area contributed by atoms with Crippen molar-refractivity contribution in [2.24, 2.45) is 5.92 Å². The van der Waals surface area contributed by atoms with Gasteiger partial charge in [0.05, 0.1) is 4.90 Å². The molecule has 1 aromatic rings. The number of aryl methyl sites for hydroxylation is 1. The second-order valence-electron chi connectivity index (χ2n) is 7.39. The predicted octanol–water partition coefficient (Wildman–Crippen LogP) is 2.59. The molecule has 1 heterocycles. The molecule has 1 aliphatic carbocycles. The molecule has 1 aromatic carbocycles. The summed E-state index contributed by atoms with van der Waals surface area (Å²) in [7, 11) is -3.48. The molecular formula is C19H29N3O3S. The lowest BCUT2D eigenvalue weighted by Gasteiger charge is -2.34. The van der Waals surface area contributed by atoms with E-state index in [0.717, 1.165) is 12.1 Å². The third kappa shape index (κ3) is 4.57. The maximum atomic E-state index is 12.7. The Balaban J connectivity index is 1.50. The second-order valence-corrected chi connectivity index (χ2v) is 9.33. The molecule has 2 fully saturated rings. The number of carbonyl (C=O) groups is 1. The second kappa shape index (κ2) is 8.39. The van der Waals surface area contributed by atoms with E-state index in [2.05, 4.69) is 5.32 Å². The van der Waals surface area contributed by atoms with Gasteiger partial charge in [-0.1, -0.05) is 37.0 Å². The van der Waals surface area contributed by atoms with Crippen molar-refractivity contribution >= 4 is 16.1 Å². The standard InChI is InChI=1S/C19H29N3O3S/c1-16-7-9-18(10-8-16)26(24,25)22-13-11-21(12-14-22)19(23)20-15-17-5-3-2-4-6-17/h7-10,17H,2-6,11-15H2,1H3,(H,20,23). The summed E-state index contributed by atoms with van der Waals surface area (Å²) in [5.41, 5.74) is 1.03. The number of urea groups is 1. The van der Waals surface area contributed by atoms with Crippen molar-refractivity contribution in [3.63, 3.8) is 0 Å². The minimum atomic E-state index is -3.48. The molecule has 0 unspecified atom stereocenters. The van der Waals surface area contributed by atoms with Gasteiger partial charge >= 0.3 is 6.03 Å². The summed E-state index contributed by atoms with van der Waals surface area (Å²) in [5, 5.41) is 3.03. The molecule has 1 saturated heterocycles. The monoisotopic (exact) mass is 379 g/mol. The fourth-order valence-electron chi connectivity index (χ4n) is 3.73. The maximum absolute atomic E-state index is 12.7. The van der Waals surface area contributed by atoms with Crippen LogP contribution in [0.3, 0.4) is 0 Å². The first-order valence-electron chi connectivity index (χ1n) is 9.56. The topological polar surface area (TPSA) is 69.7 Å². The number of amides is 2. The lowest BCUT2D eigenvalue weighted by Crippen LogP contribution is -2.53. The van der Waals surface area contributed by atoms with Crippen molar-refractivity contribution in [3.05, 3.63) is 29.8 Å². The average Bonchev–Trinajstić information content (AvgIpc) is 2.67. The fourth-order valence-corrected chi connectivity index (χ4v) is 5.15. The van der Waals surface area contributed by atoms with Crippen LogP contribution in [-0.4, -0.2) is 56.4 Å². The van der Waals surface area contributed by atoms with Crippen LogP contribution in [0.25, 0.3) is 0 Å². The van der Waals surface area contributed by atoms with Gasteiger partial charge in [-0.25, -0.2) is 13.2 Å². The lowest BCUT2D eigenvalue weighted by molar-refractivity contribution is 0.169. The molecule has 26 heavy (non-hydrogen) atoms. The van der Waals surface area contributed by atoms with E-state index in [1.807, 2.05) is 19.1 Å². The van der Waals surface area contributed by atoms with Crippen LogP contribution < -0.4 is 5.32 Å². The van der Waals surface area contributed by atoms with Crippen LogP contribution in [0.2, 0.25) is 0 Å². The molecule has 7 heteroatoms. The molecule has 0 atom stereocenters. The number of carbonyl (C=O) groups excluding carboxylic acids is 1. The Morgan fingerprint density at radius 3 is 2.27 bits per heavy atom. The molecule has 144 valence electrons. The summed E-state index contributed by atoms with van der Waals surface area (Å²) in [5.74, 6) is 0.593. The zero-order valence-electron chi connectivity index (χ0n) is 15.5. The van der Waals surface area contributed by atoms with E-state index in [9.17, 15) is 13.2 Å². The van der Waals surface area contributed by atoms with Gasteiger partial charge < -0.3 is 10.2 Å². The third-order valence-electron chi connectivity index (χ3n) is 5.45. The first-order chi connectivity index (χ1) is 12.5. The fraction of sp³-hybridized carbons (Fsp3) is 0.632. The van der Waals surface area contributed by atoms with Crippen molar-refractivity contribution < 1.29 is 13.2 Å². The first-order valence-corrected chi connectivity index (χ1v) is 11.0. The zero-order chi connectivity index (χ0) is 18.6. The highest BCUT2D eigenvalue weighted by atomic mass is 32.2. The summed E-state index contributed by atoms with van der Waals surface area (Å²) < 4.78 is 26.9. The van der Waals surface area contributed by atoms with Gasteiger partial charge in [-0.15, -0.1) is 0 Å². The molecule has 0 aromatic heterocycles. The number of hydrogen-bond acceptors (Lipinski definition) is 3. The molecule has 2 amide bonds. The molecule has 0 spiro atoms. The van der Waals surface area contributed by atoms with Gasteiger partial charge in [0.2, 0.25) is 10.0 Å². The smallest absolute Gasteiger partial charge is 0.317 e. The van der Waals surface area contributed by atoms with Gasteiger partial charge in [0, 0.05) is 32.7 Å². The Kier molecular flexibility index (Phi) is 6.19. The third-order valence-corrected chi connectivity index (χ3v) is 7.36. The summed E-state index contributed by atoms with van der Waals surface area (Å²) in [6, 6.07) is 6.84. The number of hydrogen-bond donors (Lipinski definition) is 1. The maximum Gasteiger partial charge on any atom is 0.317 e. The van der Waals surface area contributed by atoms with E-state index in [-0.39, 0.29) is 6.03 Å². The van der Waals surface area contributed by atoms with E-state index >= 15 is 0 Å². The van der Waals surface area contributed by atoms with Crippen molar-refractivity contribution in [3.8, 4) is 0 Å². The molecule has 2 aliphatic rings. The lowest BCUT2D eigenvalue weighted by atomic mass is 9.89. The van der Waals surface area contributed by atoms with Gasteiger partial charge in [0.1, 0.15) is 0 Å². The zero-order valence-corrected chi connectivity index (χ0v) is 16.3. The van der Waals surface area contributed by atoms with Crippen molar-refractivity contribution in [2.75, 3.05) is 32.7 Å². The van der Waals surface area contributed by atoms with Crippen LogP contribution in [0, 0.1) is 12.8 Å². The number of sulfonamides is 1. The number of piperazine rings is 1. The average molecular weight is 380 g/mol. The van der Waals surface area contributed by atoms with Crippen molar-refractivity contribution in [2.45, 2.75) is 43.9 Å². The molecule has 1 aliphatic heterocycles. The molecule has 0 radical (unpaired) electrons. The Hall–Kier alpha value is -1.60. The van der Waals surface area contributed by atoms with Gasteiger partial charge in [-0.2, -0.15) is 4.31 Å². The minimum absolute atomic E-state index is 0.0667. The first kappa shape index (κ1) is 19.2. The molecule has 6 nitrogen and oxygen atoms in total. The van der Waals surface area contributed by atoms with Crippen LogP contribution in [0.5, 0.6) is 0 Å². The van der Waals surface area contributed by atoms with Crippen LogP contribution in [-0.2, 0) is 10.0 Å². The largest absolute Gasteiger partial charge is 0.338 e. The van der Waals surface area contributed by atoms with Crippen molar-refractivity contribution in [1.29, 1.82) is 0 Å². The molecule has 1 N–H and O–H groups in total.